The third-order valence-corrected chi connectivity index (χ3v) is 2.55. The fourth-order valence-electron chi connectivity index (χ4n) is 1.59. The topological polar surface area (TPSA) is 132 Å². The van der Waals surface area contributed by atoms with E-state index >= 15 is 0 Å². The van der Waals surface area contributed by atoms with Gasteiger partial charge < -0.3 is 31.3 Å². The van der Waals surface area contributed by atoms with Crippen LogP contribution in [0, 0.1) is 0 Å². The fourth-order valence-corrected chi connectivity index (χ4v) is 1.59. The second-order valence-corrected chi connectivity index (χ2v) is 4.39. The van der Waals surface area contributed by atoms with Gasteiger partial charge >= 0.3 is 21.1 Å². The normalized spacial score (nSPS) is 16.8. The van der Waals surface area contributed by atoms with Crippen LogP contribution in [-0.2, 0) is 30.7 Å². The fraction of sp³-hybridized carbons (Fsp3) is 0.818. The molecule has 0 aromatic heterocycles. The maximum absolute atomic E-state index is 9.66. The van der Waals surface area contributed by atoms with Gasteiger partial charge in [-0.25, -0.2) is 0 Å². The monoisotopic (exact) mass is 439 g/mol. The molecule has 0 aliphatic heterocycles. The molecule has 0 unspecified atom stereocenters. The van der Waals surface area contributed by atoms with Gasteiger partial charge in [-0.1, -0.05) is 19.3 Å². The van der Waals surface area contributed by atoms with E-state index in [4.69, 9.17) is 11.5 Å². The van der Waals surface area contributed by atoms with E-state index in [0.717, 1.165) is 12.8 Å². The third-order valence-electron chi connectivity index (χ3n) is 2.55. The zero-order valence-corrected chi connectivity index (χ0v) is 12.5. The van der Waals surface area contributed by atoms with E-state index in [9.17, 15) is 19.8 Å². The number of hydrogen-bond acceptors (Lipinski definition) is 6. The Morgan fingerprint density at radius 3 is 1.56 bits per heavy atom. The third kappa shape index (κ3) is 13.6. The van der Waals surface area contributed by atoms with Gasteiger partial charge in [0, 0.05) is 11.9 Å². The molecule has 6 nitrogen and oxygen atoms in total. The molecule has 1 saturated carbocycles. The van der Waals surface area contributed by atoms with Crippen LogP contribution < -0.4 is 21.7 Å². The van der Waals surface area contributed by atoms with E-state index in [1.165, 1.54) is 19.3 Å². The van der Waals surface area contributed by atoms with E-state index < -0.39 is 11.9 Å². The van der Waals surface area contributed by atoms with Gasteiger partial charge in [-0.3, -0.25) is 0 Å². The van der Waals surface area contributed by atoms with Crippen molar-refractivity contribution in [2.75, 3.05) is 0 Å². The molecule has 7 heteroatoms. The SMILES string of the molecule is NC1(N)CCCCC1.O=C([O-])CCCC(=O)[O-].[Pt+2]. The molecule has 0 spiro atoms. The zero-order valence-electron chi connectivity index (χ0n) is 10.3. The van der Waals surface area contributed by atoms with Crippen molar-refractivity contribution in [3.63, 3.8) is 0 Å². The summed E-state index contributed by atoms with van der Waals surface area (Å²) in [6.07, 6.45) is 5.42. The summed E-state index contributed by atoms with van der Waals surface area (Å²) >= 11 is 0. The standard InChI is InChI=1S/C6H14N2.C5H8O4.Pt/c7-6(8)4-2-1-3-5-6;6-4(7)2-1-3-5(8)9;/h1-5,7-8H2;1-3H2,(H,6,7)(H,8,9);/q;;+2/p-2. The van der Waals surface area contributed by atoms with E-state index in [0.29, 0.717) is 0 Å². The minimum atomic E-state index is -1.23. The Morgan fingerprint density at radius 2 is 1.33 bits per heavy atom. The quantitative estimate of drug-likeness (QED) is 0.498. The number of carbonyl (C=O) groups is 2. The first kappa shape index (κ1) is 19.9. The van der Waals surface area contributed by atoms with E-state index in [-0.39, 0.29) is 46.0 Å². The number of aliphatic carboxylic acids is 2. The summed E-state index contributed by atoms with van der Waals surface area (Å²) in [4.78, 5) is 19.3. The van der Waals surface area contributed by atoms with Crippen LogP contribution in [0.2, 0.25) is 0 Å². The summed E-state index contributed by atoms with van der Waals surface area (Å²) in [7, 11) is 0. The van der Waals surface area contributed by atoms with Gasteiger partial charge in [0.05, 0.1) is 5.66 Å². The first-order valence-corrected chi connectivity index (χ1v) is 5.81. The van der Waals surface area contributed by atoms with Crippen LogP contribution in [0.1, 0.15) is 51.4 Å². The van der Waals surface area contributed by atoms with Gasteiger partial charge in [-0.2, -0.15) is 0 Å². The molecular weight excluding hydrogens is 419 g/mol. The van der Waals surface area contributed by atoms with Gasteiger partial charge in [-0.05, 0) is 32.1 Å². The summed E-state index contributed by atoms with van der Waals surface area (Å²) in [6, 6.07) is 0. The summed E-state index contributed by atoms with van der Waals surface area (Å²) < 4.78 is 0. The molecule has 0 radical (unpaired) electrons. The summed E-state index contributed by atoms with van der Waals surface area (Å²) in [5, 5.41) is 19.3. The van der Waals surface area contributed by atoms with E-state index in [1.807, 2.05) is 0 Å². The molecule has 0 aromatic rings. The Labute approximate surface area is 121 Å². The van der Waals surface area contributed by atoms with Crippen molar-refractivity contribution in [1.29, 1.82) is 0 Å². The number of carbonyl (C=O) groups excluding carboxylic acids is 2. The molecule has 4 N–H and O–H groups in total. The van der Waals surface area contributed by atoms with Crippen molar-refractivity contribution in [3.8, 4) is 0 Å². The predicted molar refractivity (Wildman–Crippen MR) is 58.1 cm³/mol. The van der Waals surface area contributed by atoms with Crippen molar-refractivity contribution < 1.29 is 40.9 Å². The number of rotatable bonds is 4. The molecule has 0 amide bonds. The van der Waals surface area contributed by atoms with Gasteiger partial charge in [-0.15, -0.1) is 0 Å². The van der Waals surface area contributed by atoms with Crippen molar-refractivity contribution in [3.05, 3.63) is 0 Å². The maximum Gasteiger partial charge on any atom is 2.00 e. The van der Waals surface area contributed by atoms with Gasteiger partial charge in [0.25, 0.3) is 0 Å². The Morgan fingerprint density at radius 1 is 0.944 bits per heavy atom. The van der Waals surface area contributed by atoms with Crippen molar-refractivity contribution in [2.24, 2.45) is 11.5 Å². The Hall–Kier alpha value is -0.452. The first-order valence-electron chi connectivity index (χ1n) is 5.81. The average Bonchev–Trinajstić information content (AvgIpc) is 2.16. The first-order chi connectivity index (χ1) is 7.83. The summed E-state index contributed by atoms with van der Waals surface area (Å²) in [5.41, 5.74) is 11.0. The minimum absolute atomic E-state index is 0. The molecule has 0 saturated heterocycles. The largest absolute Gasteiger partial charge is 2.00 e. The second-order valence-electron chi connectivity index (χ2n) is 4.39. The van der Waals surface area contributed by atoms with Crippen LogP contribution in [0.4, 0.5) is 0 Å². The molecule has 18 heavy (non-hydrogen) atoms. The molecule has 1 aliphatic rings. The molecule has 0 bridgehead atoms. The molecule has 1 fully saturated rings. The zero-order chi connectivity index (χ0) is 13.3. The summed E-state index contributed by atoms with van der Waals surface area (Å²) in [5.74, 6) is -2.45. The Kier molecular flexibility index (Phi) is 11.6. The second kappa shape index (κ2) is 10.5. The molecule has 0 atom stereocenters. The van der Waals surface area contributed by atoms with Crippen LogP contribution >= 0.6 is 0 Å². The predicted octanol–water partition coefficient (Wildman–Crippen LogP) is -1.78. The van der Waals surface area contributed by atoms with Gasteiger partial charge in [0.15, 0.2) is 0 Å². The minimum Gasteiger partial charge on any atom is -0.550 e. The van der Waals surface area contributed by atoms with Crippen LogP contribution in [0.15, 0.2) is 0 Å². The summed E-state index contributed by atoms with van der Waals surface area (Å²) in [6.45, 7) is 0. The van der Waals surface area contributed by atoms with Crippen LogP contribution in [-0.4, -0.2) is 17.6 Å². The maximum atomic E-state index is 9.66. The van der Waals surface area contributed by atoms with Crippen LogP contribution in [0.25, 0.3) is 0 Å². The Bertz CT molecular complexity index is 237. The Balaban J connectivity index is 0. The van der Waals surface area contributed by atoms with Crippen molar-refractivity contribution in [2.45, 2.75) is 57.0 Å². The molecule has 0 aromatic carbocycles. The average molecular weight is 439 g/mol. The van der Waals surface area contributed by atoms with Crippen LogP contribution in [0.5, 0.6) is 0 Å². The van der Waals surface area contributed by atoms with Crippen molar-refractivity contribution >= 4 is 11.9 Å². The molecule has 108 valence electrons. The van der Waals surface area contributed by atoms with E-state index in [1.54, 1.807) is 0 Å². The van der Waals surface area contributed by atoms with E-state index in [2.05, 4.69) is 0 Å². The molecule has 0 heterocycles. The smallest absolute Gasteiger partial charge is 0.550 e. The van der Waals surface area contributed by atoms with Crippen LogP contribution in [0.3, 0.4) is 0 Å². The molecular formula is C11H20N2O4Pt. The number of nitrogens with two attached hydrogens (primary N) is 2. The van der Waals surface area contributed by atoms with Gasteiger partial charge in [0.1, 0.15) is 0 Å². The number of hydrogen-bond donors (Lipinski definition) is 2. The molecule has 1 aliphatic carbocycles. The number of carboxylic acid groups (broad SMARTS) is 2. The molecule has 1 rings (SSSR count). The number of carboxylic acids is 2. The van der Waals surface area contributed by atoms with Crippen molar-refractivity contribution in [1.82, 2.24) is 0 Å². The van der Waals surface area contributed by atoms with Gasteiger partial charge in [0.2, 0.25) is 0 Å².